The summed E-state index contributed by atoms with van der Waals surface area (Å²) in [5, 5.41) is 3.20. The van der Waals surface area contributed by atoms with E-state index in [-0.39, 0.29) is 0 Å². The maximum absolute atomic E-state index is 12.0. The molecular formula is C12H27NO3S. The van der Waals surface area contributed by atoms with Crippen molar-refractivity contribution in [3.8, 4) is 0 Å². The van der Waals surface area contributed by atoms with Crippen LogP contribution in [0.3, 0.4) is 0 Å². The second-order valence-electron chi connectivity index (χ2n) is 4.62. The fourth-order valence-electron chi connectivity index (χ4n) is 2.21. The Morgan fingerprint density at radius 3 is 2.06 bits per heavy atom. The van der Waals surface area contributed by atoms with Crippen LogP contribution in [-0.2, 0) is 14.6 Å². The zero-order valence-corrected chi connectivity index (χ0v) is 12.4. The molecule has 17 heavy (non-hydrogen) atoms. The van der Waals surface area contributed by atoms with E-state index in [1.165, 1.54) is 6.26 Å². The molecule has 0 saturated heterocycles. The SMILES string of the molecule is CCCC(CCC)(CNCCOC)S(C)(=O)=O. The molecule has 0 radical (unpaired) electrons. The van der Waals surface area contributed by atoms with Gasteiger partial charge in [0.1, 0.15) is 0 Å². The predicted molar refractivity (Wildman–Crippen MR) is 72.1 cm³/mol. The fourth-order valence-corrected chi connectivity index (χ4v) is 3.72. The Morgan fingerprint density at radius 2 is 1.71 bits per heavy atom. The molecule has 0 atom stereocenters. The third kappa shape index (κ3) is 5.36. The Kier molecular flexibility index (Phi) is 8.00. The lowest BCUT2D eigenvalue weighted by Gasteiger charge is -2.32. The number of hydrogen-bond donors (Lipinski definition) is 1. The van der Waals surface area contributed by atoms with Gasteiger partial charge in [-0.1, -0.05) is 26.7 Å². The van der Waals surface area contributed by atoms with Crippen molar-refractivity contribution < 1.29 is 13.2 Å². The van der Waals surface area contributed by atoms with E-state index in [1.54, 1.807) is 7.11 Å². The molecular weight excluding hydrogens is 238 g/mol. The van der Waals surface area contributed by atoms with Crippen LogP contribution in [0.5, 0.6) is 0 Å². The first-order chi connectivity index (χ1) is 7.93. The van der Waals surface area contributed by atoms with Gasteiger partial charge >= 0.3 is 0 Å². The average molecular weight is 265 g/mol. The zero-order chi connectivity index (χ0) is 13.4. The first kappa shape index (κ1) is 16.9. The molecule has 5 heteroatoms. The van der Waals surface area contributed by atoms with E-state index in [4.69, 9.17) is 4.74 Å². The summed E-state index contributed by atoms with van der Waals surface area (Å²) in [5.41, 5.74) is 0. The van der Waals surface area contributed by atoms with E-state index < -0.39 is 14.6 Å². The van der Waals surface area contributed by atoms with E-state index in [2.05, 4.69) is 5.32 Å². The van der Waals surface area contributed by atoms with Gasteiger partial charge in [0.05, 0.1) is 11.4 Å². The monoisotopic (exact) mass is 265 g/mol. The van der Waals surface area contributed by atoms with Crippen LogP contribution in [0.15, 0.2) is 0 Å². The highest BCUT2D eigenvalue weighted by Gasteiger charge is 2.38. The molecule has 0 saturated carbocycles. The molecule has 1 N–H and O–H groups in total. The Morgan fingerprint density at radius 1 is 1.18 bits per heavy atom. The number of nitrogens with one attached hydrogen (secondary N) is 1. The molecule has 4 nitrogen and oxygen atoms in total. The summed E-state index contributed by atoms with van der Waals surface area (Å²) in [5.74, 6) is 0. The van der Waals surface area contributed by atoms with E-state index >= 15 is 0 Å². The smallest absolute Gasteiger partial charge is 0.154 e. The molecule has 104 valence electrons. The van der Waals surface area contributed by atoms with Gasteiger partial charge in [0, 0.05) is 26.5 Å². The van der Waals surface area contributed by atoms with Crippen molar-refractivity contribution >= 4 is 9.84 Å². The maximum atomic E-state index is 12.0. The zero-order valence-electron chi connectivity index (χ0n) is 11.6. The van der Waals surface area contributed by atoms with Gasteiger partial charge in [0.25, 0.3) is 0 Å². The highest BCUT2D eigenvalue weighted by atomic mass is 32.2. The number of hydrogen-bond acceptors (Lipinski definition) is 4. The number of rotatable bonds is 10. The van der Waals surface area contributed by atoms with Gasteiger partial charge in [-0.25, -0.2) is 8.42 Å². The summed E-state index contributed by atoms with van der Waals surface area (Å²) in [6.45, 7) is 5.89. The van der Waals surface area contributed by atoms with Gasteiger partial charge in [-0.15, -0.1) is 0 Å². The van der Waals surface area contributed by atoms with E-state index in [0.29, 0.717) is 19.7 Å². The summed E-state index contributed by atoms with van der Waals surface area (Å²) in [6.07, 6.45) is 4.58. The third-order valence-corrected chi connectivity index (χ3v) is 5.25. The van der Waals surface area contributed by atoms with Crippen LogP contribution in [0.2, 0.25) is 0 Å². The van der Waals surface area contributed by atoms with Crippen molar-refractivity contribution in [2.75, 3.05) is 33.1 Å². The largest absolute Gasteiger partial charge is 0.383 e. The summed E-state index contributed by atoms with van der Waals surface area (Å²) in [7, 11) is -1.40. The van der Waals surface area contributed by atoms with Gasteiger partial charge in [-0.3, -0.25) is 0 Å². The normalized spacial score (nSPS) is 12.9. The molecule has 0 rings (SSSR count). The molecule has 0 aromatic rings. The van der Waals surface area contributed by atoms with Crippen LogP contribution in [0.25, 0.3) is 0 Å². The van der Waals surface area contributed by atoms with Gasteiger partial charge in [0.2, 0.25) is 0 Å². The van der Waals surface area contributed by atoms with Crippen LogP contribution in [-0.4, -0.2) is 46.2 Å². The summed E-state index contributed by atoms with van der Waals surface area (Å²) < 4.78 is 28.4. The van der Waals surface area contributed by atoms with Gasteiger partial charge in [-0.2, -0.15) is 0 Å². The minimum atomic E-state index is -3.04. The minimum Gasteiger partial charge on any atom is -0.383 e. The van der Waals surface area contributed by atoms with E-state index in [9.17, 15) is 8.42 Å². The maximum Gasteiger partial charge on any atom is 0.154 e. The highest BCUT2D eigenvalue weighted by molar-refractivity contribution is 7.92. The van der Waals surface area contributed by atoms with Crippen LogP contribution >= 0.6 is 0 Å². The molecule has 0 amide bonds. The van der Waals surface area contributed by atoms with Crippen molar-refractivity contribution in [3.63, 3.8) is 0 Å². The third-order valence-electron chi connectivity index (χ3n) is 3.13. The second-order valence-corrected chi connectivity index (χ2v) is 7.04. The van der Waals surface area contributed by atoms with Crippen LogP contribution in [0.4, 0.5) is 0 Å². The standard InChI is InChI=1S/C12H27NO3S/c1-5-7-12(8-6-2,17(4,14)15)11-13-9-10-16-3/h13H,5-11H2,1-4H3. The predicted octanol–water partition coefficient (Wildman–Crippen LogP) is 1.61. The first-order valence-corrected chi connectivity index (χ1v) is 8.22. The van der Waals surface area contributed by atoms with Crippen molar-refractivity contribution in [2.45, 2.75) is 44.3 Å². The highest BCUT2D eigenvalue weighted by Crippen LogP contribution is 2.28. The minimum absolute atomic E-state index is 0.525. The van der Waals surface area contributed by atoms with Gasteiger partial charge < -0.3 is 10.1 Å². The van der Waals surface area contributed by atoms with E-state index in [1.807, 2.05) is 13.8 Å². The fraction of sp³-hybridized carbons (Fsp3) is 1.00. The molecule has 0 aliphatic rings. The molecule has 0 aromatic carbocycles. The molecule has 0 fully saturated rings. The quantitative estimate of drug-likeness (QED) is 0.610. The Labute approximate surface area is 106 Å². The van der Waals surface area contributed by atoms with Crippen LogP contribution in [0.1, 0.15) is 39.5 Å². The average Bonchev–Trinajstić information content (AvgIpc) is 2.23. The van der Waals surface area contributed by atoms with Crippen molar-refractivity contribution in [1.82, 2.24) is 5.32 Å². The van der Waals surface area contributed by atoms with Gasteiger partial charge in [-0.05, 0) is 12.8 Å². The van der Waals surface area contributed by atoms with Crippen LogP contribution in [0, 0.1) is 0 Å². The molecule has 0 aliphatic carbocycles. The van der Waals surface area contributed by atoms with Crippen LogP contribution < -0.4 is 5.32 Å². The Balaban J connectivity index is 4.67. The molecule has 0 aliphatic heterocycles. The summed E-state index contributed by atoms with van der Waals surface area (Å²) in [4.78, 5) is 0. The summed E-state index contributed by atoms with van der Waals surface area (Å²) >= 11 is 0. The molecule has 0 aromatic heterocycles. The van der Waals surface area contributed by atoms with Crippen molar-refractivity contribution in [3.05, 3.63) is 0 Å². The van der Waals surface area contributed by atoms with Crippen molar-refractivity contribution in [1.29, 1.82) is 0 Å². The number of methoxy groups -OCH3 is 1. The first-order valence-electron chi connectivity index (χ1n) is 6.32. The number of ether oxygens (including phenoxy) is 1. The van der Waals surface area contributed by atoms with Gasteiger partial charge in [0.15, 0.2) is 9.84 Å². The lowest BCUT2D eigenvalue weighted by Crippen LogP contribution is -2.47. The molecule has 0 spiro atoms. The number of sulfone groups is 1. The lowest BCUT2D eigenvalue weighted by atomic mass is 9.97. The molecule has 0 unspecified atom stereocenters. The summed E-state index contributed by atoms with van der Waals surface area (Å²) in [6, 6.07) is 0. The lowest BCUT2D eigenvalue weighted by molar-refractivity contribution is 0.197. The van der Waals surface area contributed by atoms with Crippen molar-refractivity contribution in [2.24, 2.45) is 0 Å². The topological polar surface area (TPSA) is 55.4 Å². The Bertz CT molecular complexity index is 282. The molecule has 0 heterocycles. The van der Waals surface area contributed by atoms with E-state index in [0.717, 1.165) is 25.7 Å². The Hall–Kier alpha value is -0.130. The molecule has 0 bridgehead atoms. The second kappa shape index (κ2) is 8.06.